The first-order chi connectivity index (χ1) is 11.7. The summed E-state index contributed by atoms with van der Waals surface area (Å²) in [6, 6.07) is 10.3. The summed E-state index contributed by atoms with van der Waals surface area (Å²) in [6.07, 6.45) is 1.29. The molecule has 7 nitrogen and oxygen atoms in total. The third-order valence-corrected chi connectivity index (χ3v) is 4.12. The molecule has 0 saturated carbocycles. The summed E-state index contributed by atoms with van der Waals surface area (Å²) in [5.74, 6) is -0.480. The maximum Gasteiger partial charge on any atom is 0.332 e. The lowest BCUT2D eigenvalue weighted by atomic mass is 10.1. The standard InChI is InChI=1S/C16H13FN2O5S/c1-11(12-2-6-14(7-3-12)19(21)22)10-16(20)18-13-4-8-15(9-5-13)25(17,23)24/h2-10H,1H3,(H,18,20). The summed E-state index contributed by atoms with van der Waals surface area (Å²) in [5.41, 5.74) is 1.46. The number of hydrogen-bond acceptors (Lipinski definition) is 5. The van der Waals surface area contributed by atoms with Gasteiger partial charge in [-0.25, -0.2) is 0 Å². The van der Waals surface area contributed by atoms with Crippen LogP contribution in [0.5, 0.6) is 0 Å². The van der Waals surface area contributed by atoms with Crippen LogP contribution in [-0.2, 0) is 15.0 Å². The second kappa shape index (κ2) is 7.22. The van der Waals surface area contributed by atoms with Crippen molar-refractivity contribution < 1.29 is 22.0 Å². The van der Waals surface area contributed by atoms with Crippen LogP contribution in [0.3, 0.4) is 0 Å². The molecule has 9 heteroatoms. The number of carbonyl (C=O) groups excluding carboxylic acids is 1. The lowest BCUT2D eigenvalue weighted by Crippen LogP contribution is -2.08. The van der Waals surface area contributed by atoms with Crippen molar-refractivity contribution in [2.45, 2.75) is 11.8 Å². The maximum absolute atomic E-state index is 12.8. The van der Waals surface area contributed by atoms with E-state index in [1.54, 1.807) is 6.92 Å². The smallest absolute Gasteiger partial charge is 0.323 e. The molecule has 25 heavy (non-hydrogen) atoms. The van der Waals surface area contributed by atoms with E-state index in [-0.39, 0.29) is 5.69 Å². The predicted molar refractivity (Wildman–Crippen MR) is 90.1 cm³/mol. The molecule has 0 aliphatic carbocycles. The molecule has 0 aliphatic heterocycles. The van der Waals surface area contributed by atoms with E-state index < -0.39 is 25.9 Å². The van der Waals surface area contributed by atoms with Crippen LogP contribution in [0.1, 0.15) is 12.5 Å². The Hall–Kier alpha value is -3.07. The van der Waals surface area contributed by atoms with Crippen LogP contribution in [0.25, 0.3) is 5.57 Å². The molecule has 2 aromatic rings. The van der Waals surface area contributed by atoms with Crippen LogP contribution < -0.4 is 5.32 Å². The Morgan fingerprint density at radius 2 is 1.68 bits per heavy atom. The minimum atomic E-state index is -4.79. The Morgan fingerprint density at radius 1 is 1.12 bits per heavy atom. The van der Waals surface area contributed by atoms with Crippen LogP contribution in [0.4, 0.5) is 15.3 Å². The van der Waals surface area contributed by atoms with E-state index in [4.69, 9.17) is 0 Å². The van der Waals surface area contributed by atoms with Gasteiger partial charge in [0.1, 0.15) is 0 Å². The molecule has 2 rings (SSSR count). The van der Waals surface area contributed by atoms with Crippen LogP contribution in [0, 0.1) is 10.1 Å². The van der Waals surface area contributed by atoms with Crippen LogP contribution in [0.15, 0.2) is 59.5 Å². The number of nitro benzene ring substituents is 1. The minimum Gasteiger partial charge on any atom is -0.323 e. The van der Waals surface area contributed by atoms with E-state index in [9.17, 15) is 27.2 Å². The molecular formula is C16H13FN2O5S. The molecular weight excluding hydrogens is 351 g/mol. The largest absolute Gasteiger partial charge is 0.332 e. The van der Waals surface area contributed by atoms with Crippen molar-refractivity contribution in [3.05, 3.63) is 70.3 Å². The minimum absolute atomic E-state index is 0.0519. The van der Waals surface area contributed by atoms with Crippen LogP contribution in [-0.4, -0.2) is 19.2 Å². The molecule has 0 fully saturated rings. The zero-order valence-corrected chi connectivity index (χ0v) is 13.8. The van der Waals surface area contributed by atoms with E-state index in [1.165, 1.54) is 42.5 Å². The fraction of sp³-hybridized carbons (Fsp3) is 0.0625. The molecule has 0 bridgehead atoms. The Labute approximate surface area is 143 Å². The summed E-state index contributed by atoms with van der Waals surface area (Å²) in [7, 11) is -4.79. The number of anilines is 1. The average Bonchev–Trinajstić information content (AvgIpc) is 2.54. The van der Waals surface area contributed by atoms with Gasteiger partial charge < -0.3 is 5.32 Å². The van der Waals surface area contributed by atoms with E-state index in [2.05, 4.69) is 5.32 Å². The van der Waals surface area contributed by atoms with Gasteiger partial charge in [-0.05, 0) is 54.5 Å². The molecule has 0 heterocycles. The highest BCUT2D eigenvalue weighted by atomic mass is 32.3. The van der Waals surface area contributed by atoms with Crippen molar-refractivity contribution in [1.29, 1.82) is 0 Å². The summed E-state index contributed by atoms with van der Waals surface area (Å²) in [4.78, 5) is 21.6. The van der Waals surface area contributed by atoms with Gasteiger partial charge in [0.05, 0.1) is 9.82 Å². The quantitative estimate of drug-likeness (QED) is 0.379. The zero-order chi connectivity index (χ0) is 18.6. The third kappa shape index (κ3) is 4.95. The van der Waals surface area contributed by atoms with Gasteiger partial charge in [-0.15, -0.1) is 3.89 Å². The number of rotatable bonds is 5. The molecule has 1 amide bonds. The van der Waals surface area contributed by atoms with E-state index >= 15 is 0 Å². The van der Waals surface area contributed by atoms with E-state index in [0.29, 0.717) is 16.8 Å². The number of non-ortho nitro benzene ring substituents is 1. The summed E-state index contributed by atoms with van der Waals surface area (Å²) in [6.45, 7) is 1.67. The van der Waals surface area contributed by atoms with Gasteiger partial charge in [0.2, 0.25) is 5.91 Å². The van der Waals surface area contributed by atoms with Crippen molar-refractivity contribution in [2.75, 3.05) is 5.32 Å². The maximum atomic E-state index is 12.8. The number of amides is 1. The second-order valence-corrected chi connectivity index (χ2v) is 6.43. The lowest BCUT2D eigenvalue weighted by Gasteiger charge is -2.05. The Balaban J connectivity index is 2.10. The fourth-order valence-corrected chi connectivity index (χ4v) is 2.47. The zero-order valence-electron chi connectivity index (χ0n) is 13.0. The number of nitro groups is 1. The number of benzene rings is 2. The number of allylic oxidation sites excluding steroid dienone is 1. The predicted octanol–water partition coefficient (Wildman–Crippen LogP) is 3.30. The molecule has 0 aliphatic rings. The Morgan fingerprint density at radius 3 is 2.16 bits per heavy atom. The first-order valence-electron chi connectivity index (χ1n) is 6.95. The second-order valence-electron chi connectivity index (χ2n) is 5.08. The lowest BCUT2D eigenvalue weighted by molar-refractivity contribution is -0.384. The summed E-state index contributed by atoms with van der Waals surface area (Å²) < 4.78 is 34.2. The molecule has 0 radical (unpaired) electrons. The highest BCUT2D eigenvalue weighted by molar-refractivity contribution is 7.86. The number of nitrogens with one attached hydrogen (secondary N) is 1. The highest BCUT2D eigenvalue weighted by Gasteiger charge is 2.11. The first-order valence-corrected chi connectivity index (χ1v) is 8.34. The molecule has 130 valence electrons. The van der Waals surface area contributed by atoms with Gasteiger partial charge in [0.15, 0.2) is 0 Å². The molecule has 0 unspecified atom stereocenters. The van der Waals surface area contributed by atoms with Gasteiger partial charge in [0, 0.05) is 23.9 Å². The van der Waals surface area contributed by atoms with Gasteiger partial charge >= 0.3 is 10.2 Å². The van der Waals surface area contributed by atoms with Crippen molar-refractivity contribution in [1.82, 2.24) is 0 Å². The number of nitrogens with zero attached hydrogens (tertiary/aromatic N) is 1. The molecule has 1 N–H and O–H groups in total. The Kier molecular flexibility index (Phi) is 5.28. The van der Waals surface area contributed by atoms with Crippen molar-refractivity contribution in [2.24, 2.45) is 0 Å². The van der Waals surface area contributed by atoms with Gasteiger partial charge in [-0.1, -0.05) is 0 Å². The fourth-order valence-electron chi connectivity index (χ4n) is 2.01. The topological polar surface area (TPSA) is 106 Å². The van der Waals surface area contributed by atoms with Gasteiger partial charge in [-0.2, -0.15) is 8.42 Å². The molecule has 0 saturated heterocycles. The van der Waals surface area contributed by atoms with Crippen molar-refractivity contribution >= 4 is 33.1 Å². The normalized spacial score (nSPS) is 11.8. The average molecular weight is 364 g/mol. The highest BCUT2D eigenvalue weighted by Crippen LogP contribution is 2.19. The van der Waals surface area contributed by atoms with Crippen molar-refractivity contribution in [3.8, 4) is 0 Å². The van der Waals surface area contributed by atoms with Gasteiger partial charge in [0.25, 0.3) is 5.69 Å². The van der Waals surface area contributed by atoms with Crippen LogP contribution >= 0.6 is 0 Å². The van der Waals surface area contributed by atoms with Crippen molar-refractivity contribution in [3.63, 3.8) is 0 Å². The Bertz CT molecular complexity index is 935. The van der Waals surface area contributed by atoms with Crippen LogP contribution in [0.2, 0.25) is 0 Å². The van der Waals surface area contributed by atoms with E-state index in [0.717, 1.165) is 12.1 Å². The molecule has 0 aromatic heterocycles. The monoisotopic (exact) mass is 364 g/mol. The number of halogens is 1. The molecule has 0 spiro atoms. The molecule has 0 atom stereocenters. The summed E-state index contributed by atoms with van der Waals surface area (Å²) >= 11 is 0. The molecule has 2 aromatic carbocycles. The third-order valence-electron chi connectivity index (χ3n) is 3.28. The SMILES string of the molecule is CC(=CC(=O)Nc1ccc(S(=O)(=O)F)cc1)c1ccc([N+](=O)[O-])cc1. The number of carbonyl (C=O) groups is 1. The summed E-state index contributed by atoms with van der Waals surface area (Å²) in [5, 5.41) is 13.1. The van der Waals surface area contributed by atoms with Gasteiger partial charge in [-0.3, -0.25) is 14.9 Å². The number of hydrogen-bond donors (Lipinski definition) is 1. The first kappa shape index (κ1) is 18.3. The van der Waals surface area contributed by atoms with E-state index in [1.807, 2.05) is 0 Å².